The number of likely N-dealkylation sites (N-methyl/N-ethyl adjacent to an activating group) is 1. The number of halogens is 2. The summed E-state index contributed by atoms with van der Waals surface area (Å²) in [6.07, 6.45) is -0.286. The Labute approximate surface area is 205 Å². The number of phenols is 1. The van der Waals surface area contributed by atoms with Crippen molar-refractivity contribution < 1.29 is 39.6 Å². The van der Waals surface area contributed by atoms with Gasteiger partial charge in [0, 0.05) is 28.0 Å². The van der Waals surface area contributed by atoms with Crippen molar-refractivity contribution in [1.29, 1.82) is 0 Å². The molecule has 2 saturated carbocycles. The van der Waals surface area contributed by atoms with E-state index in [-0.39, 0.29) is 35.0 Å². The SMILES string of the molecule is CN(C)[C@@H]1C(=O)C(C(N)=O)C(=O)[C@@]2(O)C(=O)C3=C(O)c4c(O)ccc(Cl)c4[C@@](C)(O)C3C[C@@H]12.Cl. The van der Waals surface area contributed by atoms with Crippen molar-refractivity contribution in [3.63, 3.8) is 0 Å². The topological polar surface area (TPSA) is 178 Å². The maximum atomic E-state index is 13.7. The predicted molar refractivity (Wildman–Crippen MR) is 121 cm³/mol. The molecule has 0 spiro atoms. The lowest BCUT2D eigenvalue weighted by molar-refractivity contribution is -0.179. The number of aromatic hydroxyl groups is 1. The molecule has 6 atom stereocenters. The van der Waals surface area contributed by atoms with Gasteiger partial charge in [-0.05, 0) is 39.6 Å². The molecule has 2 fully saturated rings. The van der Waals surface area contributed by atoms with Crippen LogP contribution in [0.4, 0.5) is 0 Å². The number of hydrogen-bond donors (Lipinski definition) is 5. The monoisotopic (exact) mass is 514 g/mol. The molecule has 184 valence electrons. The van der Waals surface area contributed by atoms with Gasteiger partial charge in [0.25, 0.3) is 0 Å². The molecule has 3 aliphatic carbocycles. The molecule has 3 aliphatic rings. The maximum absolute atomic E-state index is 13.7. The number of phenolic OH excluding ortho intramolecular Hbond substituents is 1. The summed E-state index contributed by atoms with van der Waals surface area (Å²) in [6.45, 7) is 1.33. The van der Waals surface area contributed by atoms with Crippen molar-refractivity contribution in [3.05, 3.63) is 33.9 Å². The van der Waals surface area contributed by atoms with Gasteiger partial charge in [-0.2, -0.15) is 0 Å². The highest BCUT2D eigenvalue weighted by Crippen LogP contribution is 2.57. The van der Waals surface area contributed by atoms with E-state index >= 15 is 0 Å². The Bertz CT molecular complexity index is 1180. The molecule has 1 aromatic rings. The van der Waals surface area contributed by atoms with Crippen LogP contribution < -0.4 is 5.73 Å². The number of nitrogens with zero attached hydrogens (tertiary/aromatic N) is 1. The largest absolute Gasteiger partial charge is 0.507 e. The highest BCUT2D eigenvalue weighted by atomic mass is 35.5. The number of carbonyl (C=O) groups excluding carboxylic acids is 4. The highest BCUT2D eigenvalue weighted by molar-refractivity contribution is 6.33. The third kappa shape index (κ3) is 3.06. The van der Waals surface area contributed by atoms with Crippen LogP contribution in [0.15, 0.2) is 17.7 Å². The van der Waals surface area contributed by atoms with E-state index in [0.29, 0.717) is 0 Å². The summed E-state index contributed by atoms with van der Waals surface area (Å²) in [7, 11) is 2.96. The van der Waals surface area contributed by atoms with E-state index in [2.05, 4.69) is 0 Å². The normalized spacial score (nSPS) is 34.9. The van der Waals surface area contributed by atoms with Crippen molar-refractivity contribution >= 4 is 53.0 Å². The number of amides is 1. The first kappa shape index (κ1) is 26.1. The Kier molecular flexibility index (Phi) is 6.17. The minimum Gasteiger partial charge on any atom is -0.507 e. The van der Waals surface area contributed by atoms with Crippen molar-refractivity contribution in [2.45, 2.75) is 30.6 Å². The molecular weight excluding hydrogens is 491 g/mol. The molecule has 12 heteroatoms. The average molecular weight is 515 g/mol. The zero-order valence-corrected chi connectivity index (χ0v) is 20.0. The molecule has 1 aromatic carbocycles. The van der Waals surface area contributed by atoms with Crippen LogP contribution >= 0.6 is 24.0 Å². The van der Waals surface area contributed by atoms with Gasteiger partial charge in [-0.25, -0.2) is 0 Å². The number of fused-ring (bicyclic) bond motifs is 3. The summed E-state index contributed by atoms with van der Waals surface area (Å²) in [5.74, 6) is -10.6. The Hall–Kier alpha value is -2.50. The molecule has 4 rings (SSSR count). The molecule has 1 amide bonds. The zero-order chi connectivity index (χ0) is 24.8. The summed E-state index contributed by atoms with van der Waals surface area (Å²) >= 11 is 6.27. The fraction of sp³-hybridized carbons (Fsp3) is 0.455. The number of ketones is 3. The first-order valence-electron chi connectivity index (χ1n) is 10.2. The minimum absolute atomic E-state index is 0. The number of aliphatic hydroxyl groups excluding tert-OH is 1. The van der Waals surface area contributed by atoms with Gasteiger partial charge in [0.1, 0.15) is 11.5 Å². The summed E-state index contributed by atoms with van der Waals surface area (Å²) in [4.78, 5) is 53.2. The van der Waals surface area contributed by atoms with E-state index in [1.807, 2.05) is 0 Å². The maximum Gasteiger partial charge on any atom is 0.235 e. The molecular formula is C22H24Cl2N2O8. The molecule has 0 aromatic heterocycles. The van der Waals surface area contributed by atoms with E-state index in [0.717, 1.165) is 6.07 Å². The third-order valence-electron chi connectivity index (χ3n) is 7.21. The van der Waals surface area contributed by atoms with Crippen molar-refractivity contribution in [1.82, 2.24) is 4.90 Å². The molecule has 2 unspecified atom stereocenters. The lowest BCUT2D eigenvalue weighted by atomic mass is 9.52. The van der Waals surface area contributed by atoms with Crippen LogP contribution in [0.3, 0.4) is 0 Å². The quantitative estimate of drug-likeness (QED) is 0.341. The van der Waals surface area contributed by atoms with Crippen molar-refractivity contribution in [3.8, 4) is 5.75 Å². The molecule has 10 nitrogen and oxygen atoms in total. The molecule has 6 N–H and O–H groups in total. The predicted octanol–water partition coefficient (Wildman–Crippen LogP) is 0.0774. The smallest absolute Gasteiger partial charge is 0.235 e. The third-order valence-corrected chi connectivity index (χ3v) is 7.53. The van der Waals surface area contributed by atoms with E-state index in [4.69, 9.17) is 17.3 Å². The van der Waals surface area contributed by atoms with Crippen molar-refractivity contribution in [2.75, 3.05) is 14.1 Å². The van der Waals surface area contributed by atoms with Crippen LogP contribution in [0.1, 0.15) is 24.5 Å². The van der Waals surface area contributed by atoms with Crippen LogP contribution in [0.5, 0.6) is 5.75 Å². The Morgan fingerprint density at radius 3 is 2.29 bits per heavy atom. The molecule has 0 saturated heterocycles. The lowest BCUT2D eigenvalue weighted by Gasteiger charge is -2.53. The Balaban J connectivity index is 0.00000324. The summed E-state index contributed by atoms with van der Waals surface area (Å²) < 4.78 is 0. The summed E-state index contributed by atoms with van der Waals surface area (Å²) in [6, 6.07) is 1.22. The summed E-state index contributed by atoms with van der Waals surface area (Å²) in [5.41, 5.74) is -0.337. The molecule has 34 heavy (non-hydrogen) atoms. The average Bonchev–Trinajstić information content (AvgIpc) is 2.69. The van der Waals surface area contributed by atoms with E-state index in [1.54, 1.807) is 0 Å². The van der Waals surface area contributed by atoms with Crippen LogP contribution in [0.2, 0.25) is 5.02 Å². The second-order valence-corrected chi connectivity index (χ2v) is 9.63. The number of benzene rings is 1. The van der Waals surface area contributed by atoms with Gasteiger partial charge >= 0.3 is 0 Å². The standard InChI is InChI=1S/C22H23ClN2O8.ClH/c1-21(32)7-6-8-15(25(2)3)17(28)13(20(24)31)19(30)22(8,33)18(29)11(7)16(27)12-10(26)5-4-9(23)14(12)21;/h4-5,7-8,13,15,26-27,32-33H,6H2,1-3H3,(H2,24,31);1H/t7?,8-,13?,15-,21-,22-;/m0./s1. The lowest BCUT2D eigenvalue weighted by Crippen LogP contribution is -2.73. The van der Waals surface area contributed by atoms with E-state index < -0.39 is 75.3 Å². The van der Waals surface area contributed by atoms with Crippen LogP contribution in [-0.2, 0) is 24.8 Å². The number of primary amides is 1. The van der Waals surface area contributed by atoms with Gasteiger partial charge in [-0.1, -0.05) is 11.6 Å². The van der Waals surface area contributed by atoms with E-state index in [9.17, 15) is 39.6 Å². The number of hydrogen-bond acceptors (Lipinski definition) is 9. The number of aliphatic hydroxyl groups is 3. The second kappa shape index (κ2) is 8.03. The number of rotatable bonds is 2. The fourth-order valence-electron chi connectivity index (χ4n) is 5.72. The number of Topliss-reactive ketones (excluding diaryl/α,β-unsaturated/α-hetero) is 3. The Morgan fingerprint density at radius 2 is 1.76 bits per heavy atom. The first-order valence-corrected chi connectivity index (χ1v) is 10.6. The van der Waals surface area contributed by atoms with Crippen LogP contribution in [0, 0.1) is 17.8 Å². The molecule has 0 radical (unpaired) electrons. The van der Waals surface area contributed by atoms with Crippen molar-refractivity contribution in [2.24, 2.45) is 23.5 Å². The second-order valence-electron chi connectivity index (χ2n) is 9.23. The first-order chi connectivity index (χ1) is 15.2. The number of nitrogens with two attached hydrogens (primary N) is 1. The summed E-state index contributed by atoms with van der Waals surface area (Å²) in [5, 5.41) is 44.3. The van der Waals surface area contributed by atoms with Gasteiger partial charge in [-0.3, -0.25) is 24.1 Å². The van der Waals surface area contributed by atoms with Crippen LogP contribution in [-0.4, -0.2) is 74.3 Å². The minimum atomic E-state index is -2.86. The van der Waals surface area contributed by atoms with Gasteiger partial charge < -0.3 is 26.2 Å². The van der Waals surface area contributed by atoms with Gasteiger partial charge in [0.2, 0.25) is 11.7 Å². The zero-order valence-electron chi connectivity index (χ0n) is 18.4. The highest BCUT2D eigenvalue weighted by Gasteiger charge is 2.69. The van der Waals surface area contributed by atoms with E-state index in [1.165, 1.54) is 32.0 Å². The van der Waals surface area contributed by atoms with Gasteiger partial charge in [0.05, 0.1) is 17.2 Å². The van der Waals surface area contributed by atoms with Crippen LogP contribution in [0.25, 0.3) is 5.76 Å². The Morgan fingerprint density at radius 1 is 1.18 bits per heavy atom. The number of carbonyl (C=O) groups is 4. The molecule has 0 heterocycles. The van der Waals surface area contributed by atoms with Gasteiger partial charge in [0.15, 0.2) is 23.1 Å². The van der Waals surface area contributed by atoms with Gasteiger partial charge in [-0.15, -0.1) is 12.4 Å². The molecule has 0 bridgehead atoms. The fourth-order valence-corrected chi connectivity index (χ4v) is 6.07. The molecule has 0 aliphatic heterocycles.